The van der Waals surface area contributed by atoms with Gasteiger partial charge in [-0.1, -0.05) is 17.7 Å². The van der Waals surface area contributed by atoms with Crippen molar-refractivity contribution in [3.05, 3.63) is 48.2 Å². The van der Waals surface area contributed by atoms with Crippen LogP contribution in [-0.4, -0.2) is 0 Å². The van der Waals surface area contributed by atoms with Crippen LogP contribution in [0.15, 0.2) is 41.3 Å². The second-order valence-corrected chi connectivity index (χ2v) is 3.82. The van der Waals surface area contributed by atoms with Gasteiger partial charge in [-0.15, -0.1) is 6.58 Å². The SMILES string of the molecule is C=CCC(N)c1cc2cc(C)ccc2o1. The van der Waals surface area contributed by atoms with Crippen molar-refractivity contribution < 1.29 is 4.42 Å². The lowest BCUT2D eigenvalue weighted by atomic mass is 10.1. The van der Waals surface area contributed by atoms with Crippen LogP contribution in [0.25, 0.3) is 11.0 Å². The van der Waals surface area contributed by atoms with Crippen LogP contribution in [-0.2, 0) is 0 Å². The summed E-state index contributed by atoms with van der Waals surface area (Å²) in [5, 5.41) is 1.12. The molecule has 0 saturated heterocycles. The van der Waals surface area contributed by atoms with E-state index in [0.717, 1.165) is 23.2 Å². The van der Waals surface area contributed by atoms with E-state index in [4.69, 9.17) is 10.2 Å². The summed E-state index contributed by atoms with van der Waals surface area (Å²) >= 11 is 0. The molecule has 2 aromatic rings. The standard InChI is InChI=1S/C13H15NO/c1-3-4-11(14)13-8-10-7-9(2)5-6-12(10)15-13/h3,5-8,11H,1,4,14H2,2H3. The summed E-state index contributed by atoms with van der Waals surface area (Å²) in [7, 11) is 0. The number of rotatable bonds is 3. The highest BCUT2D eigenvalue weighted by Crippen LogP contribution is 2.25. The zero-order chi connectivity index (χ0) is 10.8. The van der Waals surface area contributed by atoms with Crippen LogP contribution in [0.3, 0.4) is 0 Å². The van der Waals surface area contributed by atoms with E-state index in [1.54, 1.807) is 0 Å². The fourth-order valence-electron chi connectivity index (χ4n) is 1.66. The van der Waals surface area contributed by atoms with Gasteiger partial charge in [-0.2, -0.15) is 0 Å². The molecule has 0 aliphatic heterocycles. The Hall–Kier alpha value is -1.54. The molecule has 0 saturated carbocycles. The van der Waals surface area contributed by atoms with Crippen molar-refractivity contribution >= 4 is 11.0 Å². The molecule has 2 heteroatoms. The van der Waals surface area contributed by atoms with E-state index >= 15 is 0 Å². The first-order valence-corrected chi connectivity index (χ1v) is 5.07. The predicted octanol–water partition coefficient (Wildman–Crippen LogP) is 3.32. The first kappa shape index (κ1) is 9.99. The third kappa shape index (κ3) is 1.95. The van der Waals surface area contributed by atoms with Crippen molar-refractivity contribution in [2.75, 3.05) is 0 Å². The maximum Gasteiger partial charge on any atom is 0.134 e. The van der Waals surface area contributed by atoms with Crippen molar-refractivity contribution in [2.45, 2.75) is 19.4 Å². The Bertz CT molecular complexity index is 484. The van der Waals surface area contributed by atoms with Gasteiger partial charge >= 0.3 is 0 Å². The van der Waals surface area contributed by atoms with Crippen LogP contribution in [0, 0.1) is 6.92 Å². The lowest BCUT2D eigenvalue weighted by Gasteiger charge is -2.02. The second kappa shape index (κ2) is 3.91. The lowest BCUT2D eigenvalue weighted by Crippen LogP contribution is -2.07. The molecule has 0 aliphatic rings. The van der Waals surface area contributed by atoms with Crippen molar-refractivity contribution in [1.82, 2.24) is 0 Å². The molecule has 2 rings (SSSR count). The fraction of sp³-hybridized carbons (Fsp3) is 0.231. The van der Waals surface area contributed by atoms with Gasteiger partial charge in [0.2, 0.25) is 0 Å². The first-order chi connectivity index (χ1) is 7.20. The number of benzene rings is 1. The van der Waals surface area contributed by atoms with E-state index in [1.165, 1.54) is 5.56 Å². The van der Waals surface area contributed by atoms with Gasteiger partial charge in [0.25, 0.3) is 0 Å². The van der Waals surface area contributed by atoms with Crippen molar-refractivity contribution in [2.24, 2.45) is 5.73 Å². The molecule has 0 fully saturated rings. The number of nitrogens with two attached hydrogens (primary N) is 1. The molecule has 0 aliphatic carbocycles. The Morgan fingerprint density at radius 3 is 3.00 bits per heavy atom. The van der Waals surface area contributed by atoms with Crippen molar-refractivity contribution in [1.29, 1.82) is 0 Å². The Morgan fingerprint density at radius 2 is 2.27 bits per heavy atom. The lowest BCUT2D eigenvalue weighted by molar-refractivity contribution is 0.498. The maximum atomic E-state index is 5.94. The molecule has 2 nitrogen and oxygen atoms in total. The minimum atomic E-state index is -0.0878. The molecule has 78 valence electrons. The predicted molar refractivity (Wildman–Crippen MR) is 62.7 cm³/mol. The van der Waals surface area contributed by atoms with E-state index in [1.807, 2.05) is 24.3 Å². The highest BCUT2D eigenvalue weighted by molar-refractivity contribution is 5.78. The molecule has 15 heavy (non-hydrogen) atoms. The van der Waals surface area contributed by atoms with E-state index in [9.17, 15) is 0 Å². The molecule has 1 heterocycles. The molecular weight excluding hydrogens is 186 g/mol. The molecule has 1 aromatic heterocycles. The van der Waals surface area contributed by atoms with Gasteiger partial charge in [0.1, 0.15) is 11.3 Å². The molecule has 1 unspecified atom stereocenters. The van der Waals surface area contributed by atoms with Crippen LogP contribution in [0.1, 0.15) is 23.8 Å². The van der Waals surface area contributed by atoms with E-state index in [0.29, 0.717) is 0 Å². The third-order valence-corrected chi connectivity index (χ3v) is 2.48. The van der Waals surface area contributed by atoms with Gasteiger partial charge in [0.15, 0.2) is 0 Å². The monoisotopic (exact) mass is 201 g/mol. The fourth-order valence-corrected chi connectivity index (χ4v) is 1.66. The molecule has 2 N–H and O–H groups in total. The van der Waals surface area contributed by atoms with Crippen LogP contribution < -0.4 is 5.73 Å². The summed E-state index contributed by atoms with van der Waals surface area (Å²) in [5.74, 6) is 0.829. The zero-order valence-electron chi connectivity index (χ0n) is 8.86. The van der Waals surface area contributed by atoms with Gasteiger partial charge < -0.3 is 10.2 Å². The molecular formula is C13H15NO. The molecule has 0 spiro atoms. The maximum absolute atomic E-state index is 5.94. The average molecular weight is 201 g/mol. The van der Waals surface area contributed by atoms with Gasteiger partial charge in [0, 0.05) is 5.39 Å². The van der Waals surface area contributed by atoms with Crippen LogP contribution >= 0.6 is 0 Å². The summed E-state index contributed by atoms with van der Waals surface area (Å²) in [4.78, 5) is 0. The van der Waals surface area contributed by atoms with Gasteiger partial charge in [-0.25, -0.2) is 0 Å². The number of hydrogen-bond donors (Lipinski definition) is 1. The van der Waals surface area contributed by atoms with Gasteiger partial charge in [0.05, 0.1) is 6.04 Å². The quantitative estimate of drug-likeness (QED) is 0.774. The van der Waals surface area contributed by atoms with Crippen molar-refractivity contribution in [3.8, 4) is 0 Å². The Morgan fingerprint density at radius 1 is 1.47 bits per heavy atom. The van der Waals surface area contributed by atoms with Crippen LogP contribution in [0.5, 0.6) is 0 Å². The summed E-state index contributed by atoms with van der Waals surface area (Å²) in [6.45, 7) is 5.74. The Labute approximate surface area is 89.4 Å². The zero-order valence-corrected chi connectivity index (χ0v) is 8.86. The average Bonchev–Trinajstić information content (AvgIpc) is 2.60. The Kier molecular flexibility index (Phi) is 2.60. The number of fused-ring (bicyclic) bond motifs is 1. The van der Waals surface area contributed by atoms with E-state index in [-0.39, 0.29) is 6.04 Å². The third-order valence-electron chi connectivity index (χ3n) is 2.48. The highest BCUT2D eigenvalue weighted by atomic mass is 16.3. The van der Waals surface area contributed by atoms with Gasteiger partial charge in [-0.3, -0.25) is 0 Å². The highest BCUT2D eigenvalue weighted by Gasteiger charge is 2.10. The summed E-state index contributed by atoms with van der Waals surface area (Å²) < 4.78 is 5.66. The molecule has 1 atom stereocenters. The largest absolute Gasteiger partial charge is 0.459 e. The number of aryl methyl sites for hydroxylation is 1. The minimum Gasteiger partial charge on any atom is -0.459 e. The number of hydrogen-bond acceptors (Lipinski definition) is 2. The van der Waals surface area contributed by atoms with E-state index < -0.39 is 0 Å². The van der Waals surface area contributed by atoms with Gasteiger partial charge in [-0.05, 0) is 31.5 Å². The topological polar surface area (TPSA) is 39.2 Å². The summed E-state index contributed by atoms with van der Waals surface area (Å²) in [6.07, 6.45) is 2.54. The normalized spacial score (nSPS) is 12.9. The second-order valence-electron chi connectivity index (χ2n) is 3.82. The summed E-state index contributed by atoms with van der Waals surface area (Å²) in [6, 6.07) is 8.04. The Balaban J connectivity index is 2.42. The number of furan rings is 1. The molecule has 1 aromatic carbocycles. The summed E-state index contributed by atoms with van der Waals surface area (Å²) in [5.41, 5.74) is 8.07. The minimum absolute atomic E-state index is 0.0878. The first-order valence-electron chi connectivity index (χ1n) is 5.07. The molecule has 0 amide bonds. The van der Waals surface area contributed by atoms with Crippen LogP contribution in [0.2, 0.25) is 0 Å². The molecule has 0 bridgehead atoms. The van der Waals surface area contributed by atoms with E-state index in [2.05, 4.69) is 19.6 Å². The smallest absolute Gasteiger partial charge is 0.134 e. The molecule has 0 radical (unpaired) electrons. The van der Waals surface area contributed by atoms with Crippen molar-refractivity contribution in [3.63, 3.8) is 0 Å². The van der Waals surface area contributed by atoms with Crippen LogP contribution in [0.4, 0.5) is 0 Å².